The Hall–Kier alpha value is -2.32. The minimum atomic E-state index is -4.36. The SMILES string of the molecule is Cc1cc(SC(C)c2sc(-c3ccc(C(F)(F)F)cc3)nc2C(C)C)ccc1CCC(=O)O. The Kier molecular flexibility index (Phi) is 7.90. The lowest BCUT2D eigenvalue weighted by Gasteiger charge is -2.14. The molecule has 8 heteroatoms. The molecule has 33 heavy (non-hydrogen) atoms. The largest absolute Gasteiger partial charge is 0.481 e. The quantitative estimate of drug-likeness (QED) is 0.322. The van der Waals surface area contributed by atoms with E-state index in [1.54, 1.807) is 11.8 Å². The van der Waals surface area contributed by atoms with Crippen molar-refractivity contribution in [3.05, 3.63) is 69.7 Å². The molecule has 0 aliphatic heterocycles. The second kappa shape index (κ2) is 10.3. The predicted octanol–water partition coefficient (Wildman–Crippen LogP) is 8.13. The van der Waals surface area contributed by atoms with E-state index in [0.717, 1.165) is 43.7 Å². The molecule has 3 aromatic rings. The molecule has 1 atom stereocenters. The summed E-state index contributed by atoms with van der Waals surface area (Å²) >= 11 is 3.22. The normalized spacial score (nSPS) is 12.8. The van der Waals surface area contributed by atoms with Crippen LogP contribution >= 0.6 is 23.1 Å². The Bertz CT molecular complexity index is 1120. The molecule has 0 fully saturated rings. The molecule has 2 aromatic carbocycles. The van der Waals surface area contributed by atoms with Gasteiger partial charge in [0, 0.05) is 27.0 Å². The topological polar surface area (TPSA) is 50.2 Å². The third-order valence-electron chi connectivity index (χ3n) is 5.29. The molecular formula is C25H26F3NO2S2. The van der Waals surface area contributed by atoms with Crippen LogP contribution in [0, 0.1) is 6.92 Å². The summed E-state index contributed by atoms with van der Waals surface area (Å²) < 4.78 is 38.7. The van der Waals surface area contributed by atoms with E-state index in [2.05, 4.69) is 26.8 Å². The highest BCUT2D eigenvalue weighted by molar-refractivity contribution is 7.99. The van der Waals surface area contributed by atoms with E-state index in [0.29, 0.717) is 12.0 Å². The molecule has 1 N–H and O–H groups in total. The maximum atomic E-state index is 12.9. The smallest absolute Gasteiger partial charge is 0.416 e. The maximum Gasteiger partial charge on any atom is 0.416 e. The summed E-state index contributed by atoms with van der Waals surface area (Å²) in [6.45, 7) is 8.22. The first-order valence-electron chi connectivity index (χ1n) is 10.6. The first-order valence-corrected chi connectivity index (χ1v) is 12.3. The van der Waals surface area contributed by atoms with Crippen LogP contribution in [0.3, 0.4) is 0 Å². The van der Waals surface area contributed by atoms with Gasteiger partial charge in [-0.3, -0.25) is 4.79 Å². The number of aliphatic carboxylic acids is 1. The van der Waals surface area contributed by atoms with Crippen molar-refractivity contribution in [2.45, 2.75) is 62.8 Å². The lowest BCUT2D eigenvalue weighted by Crippen LogP contribution is -2.03. The van der Waals surface area contributed by atoms with Gasteiger partial charge in [-0.05, 0) is 61.6 Å². The first kappa shape index (κ1) is 25.3. The number of hydrogen-bond acceptors (Lipinski definition) is 4. The van der Waals surface area contributed by atoms with Crippen LogP contribution < -0.4 is 0 Å². The van der Waals surface area contributed by atoms with Crippen LogP contribution in [0.5, 0.6) is 0 Å². The second-order valence-electron chi connectivity index (χ2n) is 8.24. The predicted molar refractivity (Wildman–Crippen MR) is 128 cm³/mol. The fourth-order valence-electron chi connectivity index (χ4n) is 3.50. The van der Waals surface area contributed by atoms with Gasteiger partial charge in [-0.2, -0.15) is 13.2 Å². The molecule has 0 radical (unpaired) electrons. The molecule has 176 valence electrons. The molecule has 0 bridgehead atoms. The third kappa shape index (κ3) is 6.38. The standard InChI is InChI=1S/C25H26F3NO2S2/c1-14(2)22-23(33-24(29-22)18-5-9-19(10-6-18)25(26,27)28)16(4)32-20-11-7-17(15(3)13-20)8-12-21(30)31/h5-7,9-11,13-14,16H,8,12H2,1-4H3,(H,30,31). The summed E-state index contributed by atoms with van der Waals surface area (Å²) in [4.78, 5) is 17.8. The molecule has 3 nitrogen and oxygen atoms in total. The van der Waals surface area contributed by atoms with Crippen LogP contribution in [0.1, 0.15) is 65.6 Å². The highest BCUT2D eigenvalue weighted by atomic mass is 32.2. The number of thiazole rings is 1. The van der Waals surface area contributed by atoms with Crippen molar-refractivity contribution in [2.24, 2.45) is 0 Å². The average Bonchev–Trinajstić information content (AvgIpc) is 3.18. The van der Waals surface area contributed by atoms with Crippen molar-refractivity contribution in [3.63, 3.8) is 0 Å². The van der Waals surface area contributed by atoms with Gasteiger partial charge in [0.25, 0.3) is 0 Å². The fourth-order valence-corrected chi connectivity index (χ4v) is 5.97. The number of aryl methyl sites for hydroxylation is 2. The molecule has 0 saturated heterocycles. The van der Waals surface area contributed by atoms with Gasteiger partial charge in [0.05, 0.1) is 11.3 Å². The Morgan fingerprint density at radius 1 is 1.12 bits per heavy atom. The van der Waals surface area contributed by atoms with Crippen molar-refractivity contribution in [3.8, 4) is 10.6 Å². The van der Waals surface area contributed by atoms with Crippen LogP contribution in [0.4, 0.5) is 13.2 Å². The van der Waals surface area contributed by atoms with Crippen LogP contribution in [0.2, 0.25) is 0 Å². The Labute approximate surface area is 200 Å². The number of carboxylic acids is 1. The molecule has 0 saturated carbocycles. The number of halogens is 3. The molecule has 1 unspecified atom stereocenters. The summed E-state index contributed by atoms with van der Waals surface area (Å²) in [5.74, 6) is -0.626. The van der Waals surface area contributed by atoms with Gasteiger partial charge in [-0.15, -0.1) is 23.1 Å². The fraction of sp³-hybridized carbons (Fsp3) is 0.360. The van der Waals surface area contributed by atoms with E-state index in [1.807, 2.05) is 19.1 Å². The molecule has 0 aliphatic carbocycles. The third-order valence-corrected chi connectivity index (χ3v) is 7.86. The minimum absolute atomic E-state index is 0.104. The number of alkyl halides is 3. The van der Waals surface area contributed by atoms with E-state index < -0.39 is 17.7 Å². The zero-order chi connectivity index (χ0) is 24.3. The number of nitrogens with zero attached hydrogens (tertiary/aromatic N) is 1. The maximum absolute atomic E-state index is 12.9. The number of benzene rings is 2. The van der Waals surface area contributed by atoms with E-state index in [-0.39, 0.29) is 17.6 Å². The van der Waals surface area contributed by atoms with Gasteiger partial charge in [0.1, 0.15) is 5.01 Å². The van der Waals surface area contributed by atoms with Gasteiger partial charge in [-0.25, -0.2) is 4.98 Å². The lowest BCUT2D eigenvalue weighted by atomic mass is 10.0. The van der Waals surface area contributed by atoms with Crippen LogP contribution in [-0.2, 0) is 17.4 Å². The summed E-state index contributed by atoms with van der Waals surface area (Å²) in [6, 6.07) is 11.2. The first-order chi connectivity index (χ1) is 15.5. The second-order valence-corrected chi connectivity index (χ2v) is 10.7. The Balaban J connectivity index is 1.83. The number of thioether (sulfide) groups is 1. The van der Waals surface area contributed by atoms with Gasteiger partial charge in [0.2, 0.25) is 0 Å². The highest BCUT2D eigenvalue weighted by Crippen LogP contribution is 2.44. The Morgan fingerprint density at radius 2 is 1.79 bits per heavy atom. The van der Waals surface area contributed by atoms with Gasteiger partial charge in [-0.1, -0.05) is 32.0 Å². The zero-order valence-corrected chi connectivity index (χ0v) is 20.5. The summed E-state index contributed by atoms with van der Waals surface area (Å²) in [6.07, 6.45) is -3.75. The molecule has 3 rings (SSSR count). The number of rotatable bonds is 8. The van der Waals surface area contributed by atoms with Gasteiger partial charge < -0.3 is 5.11 Å². The molecule has 0 aliphatic rings. The van der Waals surface area contributed by atoms with E-state index >= 15 is 0 Å². The van der Waals surface area contributed by atoms with Crippen molar-refractivity contribution in [1.29, 1.82) is 0 Å². The number of carboxylic acid groups (broad SMARTS) is 1. The molecule has 1 heterocycles. The highest BCUT2D eigenvalue weighted by Gasteiger charge is 2.30. The lowest BCUT2D eigenvalue weighted by molar-refractivity contribution is -0.138. The molecule has 0 spiro atoms. The van der Waals surface area contributed by atoms with Gasteiger partial charge >= 0.3 is 12.1 Å². The number of hydrogen-bond donors (Lipinski definition) is 1. The van der Waals surface area contributed by atoms with Crippen molar-refractivity contribution in [1.82, 2.24) is 4.98 Å². The van der Waals surface area contributed by atoms with Gasteiger partial charge in [0.15, 0.2) is 0 Å². The summed E-state index contributed by atoms with van der Waals surface area (Å²) in [5.41, 5.74) is 3.06. The van der Waals surface area contributed by atoms with Crippen molar-refractivity contribution < 1.29 is 23.1 Å². The van der Waals surface area contributed by atoms with Crippen LogP contribution in [0.15, 0.2) is 47.4 Å². The van der Waals surface area contributed by atoms with E-state index in [4.69, 9.17) is 10.1 Å². The van der Waals surface area contributed by atoms with Crippen LogP contribution in [0.25, 0.3) is 10.6 Å². The Morgan fingerprint density at radius 3 is 2.33 bits per heavy atom. The van der Waals surface area contributed by atoms with Crippen LogP contribution in [-0.4, -0.2) is 16.1 Å². The molecule has 0 amide bonds. The van der Waals surface area contributed by atoms with Crippen molar-refractivity contribution in [2.75, 3.05) is 0 Å². The minimum Gasteiger partial charge on any atom is -0.481 e. The van der Waals surface area contributed by atoms with E-state index in [9.17, 15) is 18.0 Å². The number of carbonyl (C=O) groups is 1. The monoisotopic (exact) mass is 493 g/mol. The molecular weight excluding hydrogens is 467 g/mol. The number of aromatic nitrogens is 1. The van der Waals surface area contributed by atoms with Crippen molar-refractivity contribution >= 4 is 29.1 Å². The molecule has 1 aromatic heterocycles. The zero-order valence-electron chi connectivity index (χ0n) is 18.9. The summed E-state index contributed by atoms with van der Waals surface area (Å²) in [7, 11) is 0. The summed E-state index contributed by atoms with van der Waals surface area (Å²) in [5, 5.41) is 9.73. The van der Waals surface area contributed by atoms with E-state index in [1.165, 1.54) is 23.5 Å². The average molecular weight is 494 g/mol.